The van der Waals surface area contributed by atoms with Crippen LogP contribution < -0.4 is 5.73 Å². The third-order valence-electron chi connectivity index (χ3n) is 4.08. The lowest BCUT2D eigenvalue weighted by atomic mass is 10.1. The second-order valence-corrected chi connectivity index (χ2v) is 8.00. The van der Waals surface area contributed by atoms with Gasteiger partial charge in [0.15, 0.2) is 9.84 Å². The van der Waals surface area contributed by atoms with Gasteiger partial charge in [0, 0.05) is 10.9 Å². The number of hydrogen-bond donors (Lipinski definition) is 1. The van der Waals surface area contributed by atoms with E-state index in [1.807, 2.05) is 6.07 Å². The van der Waals surface area contributed by atoms with E-state index in [9.17, 15) is 18.1 Å². The maximum absolute atomic E-state index is 13.1. The number of hydrogen-bond acceptors (Lipinski definition) is 4. The molecule has 2 aromatic carbocycles. The fourth-order valence-corrected chi connectivity index (χ4v) is 5.14. The van der Waals surface area contributed by atoms with Crippen LogP contribution in [0, 0.1) is 17.1 Å². The van der Waals surface area contributed by atoms with Crippen LogP contribution in [0.25, 0.3) is 0 Å². The molecule has 0 heterocycles. The molecule has 1 fully saturated rings. The molecule has 3 atom stereocenters. The van der Waals surface area contributed by atoms with Gasteiger partial charge in [0.2, 0.25) is 0 Å². The summed E-state index contributed by atoms with van der Waals surface area (Å²) in [6, 6.07) is 12.9. The minimum atomic E-state index is -3.81. The predicted octanol–water partition coefficient (Wildman–Crippen LogP) is 2.64. The van der Waals surface area contributed by atoms with Crippen LogP contribution in [0.3, 0.4) is 0 Å². The summed E-state index contributed by atoms with van der Waals surface area (Å²) in [6.07, 6.45) is 0. The highest BCUT2D eigenvalue weighted by molar-refractivity contribution is 7.92. The van der Waals surface area contributed by atoms with Gasteiger partial charge in [0.1, 0.15) is 16.6 Å². The second-order valence-electron chi connectivity index (χ2n) is 5.49. The molecule has 1 aliphatic rings. The van der Waals surface area contributed by atoms with Crippen molar-refractivity contribution in [1.29, 1.82) is 5.26 Å². The molecule has 0 aromatic heterocycles. The minimum absolute atomic E-state index is 0.0570. The van der Waals surface area contributed by atoms with Crippen molar-refractivity contribution in [3.05, 3.63) is 64.9 Å². The van der Waals surface area contributed by atoms with E-state index in [2.05, 4.69) is 0 Å². The first-order valence-electron chi connectivity index (χ1n) is 6.76. The van der Waals surface area contributed by atoms with Gasteiger partial charge in [0.05, 0.1) is 11.0 Å². The lowest BCUT2D eigenvalue weighted by Gasteiger charge is -2.04. The van der Waals surface area contributed by atoms with Crippen molar-refractivity contribution in [2.24, 2.45) is 5.73 Å². The Hall–Kier alpha value is -1.94. The first-order valence-corrected chi connectivity index (χ1v) is 8.68. The topological polar surface area (TPSA) is 83.9 Å². The van der Waals surface area contributed by atoms with E-state index in [1.54, 1.807) is 0 Å². The van der Waals surface area contributed by atoms with E-state index in [4.69, 9.17) is 17.3 Å². The quantitative estimate of drug-likeness (QED) is 0.922. The van der Waals surface area contributed by atoms with Gasteiger partial charge in [-0.3, -0.25) is 0 Å². The molecule has 4 nitrogen and oxygen atoms in total. The third-order valence-corrected chi connectivity index (χ3v) is 6.59. The normalized spacial score (nSPS) is 26.5. The zero-order valence-electron chi connectivity index (χ0n) is 11.8. The van der Waals surface area contributed by atoms with Gasteiger partial charge in [-0.1, -0.05) is 23.7 Å². The van der Waals surface area contributed by atoms with E-state index in [1.165, 1.54) is 48.5 Å². The molecule has 23 heavy (non-hydrogen) atoms. The number of benzene rings is 2. The number of nitrogens with two attached hydrogens (primary N) is 1. The molecule has 0 aliphatic heterocycles. The van der Waals surface area contributed by atoms with Crippen LogP contribution in [-0.4, -0.2) is 19.2 Å². The smallest absolute Gasteiger partial charge is 0.184 e. The standard InChI is InChI=1S/C16H12ClFN2O2S/c17-11-3-7-13(8-4-11)23(21,22)15-14(16(15,20)9-19)10-1-5-12(18)6-2-10/h1-8,14-15H,20H2/t14-,15-,16-/m0/s1. The molecule has 0 saturated heterocycles. The highest BCUT2D eigenvalue weighted by Crippen LogP contribution is 2.55. The second kappa shape index (κ2) is 5.31. The van der Waals surface area contributed by atoms with Crippen molar-refractivity contribution in [3.8, 4) is 6.07 Å². The minimum Gasteiger partial charge on any atom is -0.312 e. The largest absolute Gasteiger partial charge is 0.312 e. The average Bonchev–Trinajstić information content (AvgIpc) is 3.16. The van der Waals surface area contributed by atoms with Crippen molar-refractivity contribution in [2.75, 3.05) is 0 Å². The maximum Gasteiger partial charge on any atom is 0.184 e. The Balaban J connectivity index is 2.03. The Morgan fingerprint density at radius 2 is 1.70 bits per heavy atom. The third kappa shape index (κ3) is 2.51. The first kappa shape index (κ1) is 15.9. The van der Waals surface area contributed by atoms with E-state index >= 15 is 0 Å². The number of nitrogens with zero attached hydrogens (tertiary/aromatic N) is 1. The van der Waals surface area contributed by atoms with Crippen molar-refractivity contribution in [1.82, 2.24) is 0 Å². The number of halogens is 2. The molecule has 0 amide bonds. The summed E-state index contributed by atoms with van der Waals surface area (Å²) in [5.74, 6) is -1.14. The predicted molar refractivity (Wildman–Crippen MR) is 84.1 cm³/mol. The zero-order valence-corrected chi connectivity index (χ0v) is 13.4. The summed E-state index contributed by atoms with van der Waals surface area (Å²) in [4.78, 5) is 0.0570. The Morgan fingerprint density at radius 3 is 2.22 bits per heavy atom. The number of sulfone groups is 1. The highest BCUT2D eigenvalue weighted by atomic mass is 35.5. The maximum atomic E-state index is 13.1. The number of nitriles is 1. The Bertz CT molecular complexity index is 891. The van der Waals surface area contributed by atoms with Gasteiger partial charge in [-0.05, 0) is 42.0 Å². The van der Waals surface area contributed by atoms with E-state index in [0.29, 0.717) is 10.6 Å². The highest BCUT2D eigenvalue weighted by Gasteiger charge is 2.70. The van der Waals surface area contributed by atoms with Gasteiger partial charge in [-0.15, -0.1) is 0 Å². The van der Waals surface area contributed by atoms with Crippen LogP contribution in [-0.2, 0) is 9.84 Å². The fourth-order valence-electron chi connectivity index (χ4n) is 2.83. The molecular weight excluding hydrogens is 339 g/mol. The van der Waals surface area contributed by atoms with Crippen LogP contribution in [0.4, 0.5) is 4.39 Å². The lowest BCUT2D eigenvalue weighted by molar-refractivity contribution is 0.592. The molecule has 0 bridgehead atoms. The lowest BCUT2D eigenvalue weighted by Crippen LogP contribution is -2.29. The Morgan fingerprint density at radius 1 is 1.13 bits per heavy atom. The first-order chi connectivity index (χ1) is 10.8. The van der Waals surface area contributed by atoms with Gasteiger partial charge in [0.25, 0.3) is 0 Å². The molecular formula is C16H12ClFN2O2S. The molecule has 1 saturated carbocycles. The van der Waals surface area contributed by atoms with E-state index < -0.39 is 32.4 Å². The Kier molecular flexibility index (Phi) is 3.68. The zero-order chi connectivity index (χ0) is 16.8. The summed E-state index contributed by atoms with van der Waals surface area (Å²) in [5, 5.41) is 8.68. The van der Waals surface area contributed by atoms with Gasteiger partial charge >= 0.3 is 0 Å². The molecule has 0 unspecified atom stereocenters. The van der Waals surface area contributed by atoms with Crippen LogP contribution >= 0.6 is 11.6 Å². The van der Waals surface area contributed by atoms with Crippen molar-refractivity contribution in [3.63, 3.8) is 0 Å². The molecule has 3 rings (SSSR count). The molecule has 2 N–H and O–H groups in total. The molecule has 0 radical (unpaired) electrons. The summed E-state index contributed by atoms with van der Waals surface area (Å²) in [7, 11) is -3.81. The molecule has 1 aliphatic carbocycles. The van der Waals surface area contributed by atoms with Crippen LogP contribution in [0.5, 0.6) is 0 Å². The number of rotatable bonds is 3. The van der Waals surface area contributed by atoms with Gasteiger partial charge in [-0.25, -0.2) is 12.8 Å². The fraction of sp³-hybridized carbons (Fsp3) is 0.188. The molecule has 7 heteroatoms. The van der Waals surface area contributed by atoms with Crippen molar-refractivity contribution in [2.45, 2.75) is 21.6 Å². The van der Waals surface area contributed by atoms with Gasteiger partial charge < -0.3 is 5.73 Å². The molecule has 2 aromatic rings. The van der Waals surface area contributed by atoms with Crippen LogP contribution in [0.15, 0.2) is 53.4 Å². The summed E-state index contributed by atoms with van der Waals surface area (Å²) >= 11 is 5.77. The monoisotopic (exact) mass is 350 g/mol. The van der Waals surface area contributed by atoms with Crippen LogP contribution in [0.2, 0.25) is 5.02 Å². The summed E-state index contributed by atoms with van der Waals surface area (Å²) in [6.45, 7) is 0. The van der Waals surface area contributed by atoms with E-state index in [-0.39, 0.29) is 4.90 Å². The molecule has 0 spiro atoms. The van der Waals surface area contributed by atoms with Crippen molar-refractivity contribution >= 4 is 21.4 Å². The average molecular weight is 351 g/mol. The Labute approximate surface area is 138 Å². The molecule has 118 valence electrons. The van der Waals surface area contributed by atoms with Gasteiger partial charge in [-0.2, -0.15) is 5.26 Å². The summed E-state index contributed by atoms with van der Waals surface area (Å²) in [5.41, 5.74) is 4.99. The SMILES string of the molecule is N#C[C@]1(N)[C@@H](c2ccc(F)cc2)[C@@H]1S(=O)(=O)c1ccc(Cl)cc1. The van der Waals surface area contributed by atoms with Crippen LogP contribution in [0.1, 0.15) is 11.5 Å². The van der Waals surface area contributed by atoms with Crippen molar-refractivity contribution < 1.29 is 12.8 Å². The summed E-state index contributed by atoms with van der Waals surface area (Å²) < 4.78 is 38.6. The van der Waals surface area contributed by atoms with E-state index in [0.717, 1.165) is 0 Å².